The largest absolute Gasteiger partial charge is 0.359 e. The third kappa shape index (κ3) is 0.849. The molecule has 3 heteroatoms. The van der Waals surface area contributed by atoms with Gasteiger partial charge >= 0.3 is 0 Å². The smallest absolute Gasteiger partial charge is 0.105 e. The molecule has 0 amide bonds. The minimum atomic E-state index is 0.108. The summed E-state index contributed by atoms with van der Waals surface area (Å²) < 4.78 is 0. The summed E-state index contributed by atoms with van der Waals surface area (Å²) in [6.07, 6.45) is 2.08. The lowest BCUT2D eigenvalue weighted by molar-refractivity contribution is 0.102. The van der Waals surface area contributed by atoms with Crippen LogP contribution in [0.5, 0.6) is 0 Å². The molecule has 0 aromatic carbocycles. The van der Waals surface area contributed by atoms with E-state index in [0.717, 1.165) is 5.32 Å². The van der Waals surface area contributed by atoms with Gasteiger partial charge in [-0.05, 0) is 13.8 Å². The summed E-state index contributed by atoms with van der Waals surface area (Å²) in [5.41, 5.74) is 0.108. The van der Waals surface area contributed by atoms with Crippen molar-refractivity contribution in [2.75, 3.05) is 14.1 Å². The highest BCUT2D eigenvalue weighted by Crippen LogP contribution is 2.26. The summed E-state index contributed by atoms with van der Waals surface area (Å²) in [7, 11) is 7.66. The molecule has 0 unspecified atom stereocenters. The van der Waals surface area contributed by atoms with Crippen LogP contribution in [0, 0.1) is 0 Å². The van der Waals surface area contributed by atoms with Crippen molar-refractivity contribution in [1.29, 1.82) is 0 Å². The summed E-state index contributed by atoms with van der Waals surface area (Å²) in [5.74, 6) is 0. The van der Waals surface area contributed by atoms with Crippen molar-refractivity contribution in [3.8, 4) is 0 Å². The molecule has 0 bridgehead atoms. The molecule has 1 aliphatic heterocycles. The molecule has 0 spiro atoms. The summed E-state index contributed by atoms with van der Waals surface area (Å²) in [5, 5.41) is 1.13. The summed E-state index contributed by atoms with van der Waals surface area (Å²) in [6, 6.07) is 0. The van der Waals surface area contributed by atoms with Gasteiger partial charge in [-0.3, -0.25) is 0 Å². The number of nitrogens with zero attached hydrogens (tertiary/aromatic N) is 2. The van der Waals surface area contributed by atoms with Gasteiger partial charge in [0.05, 0.1) is 10.2 Å². The second kappa shape index (κ2) is 2.02. The minimum absolute atomic E-state index is 0.108. The van der Waals surface area contributed by atoms with Crippen LogP contribution in [0.2, 0.25) is 0 Å². The van der Waals surface area contributed by atoms with Gasteiger partial charge in [-0.2, -0.15) is 0 Å². The highest BCUT2D eigenvalue weighted by atomic mass is 28.1. The van der Waals surface area contributed by atoms with Crippen LogP contribution in [0.3, 0.4) is 0 Å². The van der Waals surface area contributed by atoms with Crippen molar-refractivity contribution in [3.63, 3.8) is 0 Å². The zero-order chi connectivity index (χ0) is 7.94. The highest BCUT2D eigenvalue weighted by molar-refractivity contribution is 6.21. The summed E-state index contributed by atoms with van der Waals surface area (Å²) in [6.45, 7) is 4.35. The Bertz CT molecular complexity index is 174. The van der Waals surface area contributed by atoms with Gasteiger partial charge in [0.15, 0.2) is 0 Å². The van der Waals surface area contributed by atoms with Gasteiger partial charge in [0.25, 0.3) is 0 Å². The quantitative estimate of drug-likeness (QED) is 0.469. The number of hydrogen-bond donors (Lipinski definition) is 0. The zero-order valence-electron chi connectivity index (χ0n) is 6.97. The molecule has 0 aromatic rings. The third-order valence-electron chi connectivity index (χ3n) is 2.36. The van der Waals surface area contributed by atoms with Crippen LogP contribution in [0.15, 0.2) is 11.5 Å². The molecule has 1 rings (SSSR count). The molecule has 0 fully saturated rings. The van der Waals surface area contributed by atoms with Crippen LogP contribution in [0.1, 0.15) is 13.8 Å². The van der Waals surface area contributed by atoms with Gasteiger partial charge in [-0.25, -0.2) is 0 Å². The second-order valence-electron chi connectivity index (χ2n) is 3.18. The third-order valence-corrected chi connectivity index (χ3v) is 2.83. The Balaban J connectivity index is 2.87. The van der Waals surface area contributed by atoms with E-state index in [4.69, 9.17) is 0 Å². The molecule has 55 valence electrons. The van der Waals surface area contributed by atoms with Crippen molar-refractivity contribution in [1.82, 2.24) is 9.80 Å². The van der Waals surface area contributed by atoms with Gasteiger partial charge in [0.1, 0.15) is 5.66 Å². The number of rotatable bonds is 0. The molecule has 3 radical (unpaired) electrons. The Labute approximate surface area is 65.9 Å². The fraction of sp³-hybridized carbons (Fsp3) is 0.714. The molecule has 0 saturated heterocycles. The van der Waals surface area contributed by atoms with E-state index < -0.39 is 0 Å². The van der Waals surface area contributed by atoms with Crippen LogP contribution < -0.4 is 0 Å². The number of hydrogen-bond acceptors (Lipinski definition) is 2. The molecular weight excluding hydrogens is 140 g/mol. The van der Waals surface area contributed by atoms with Gasteiger partial charge in [0, 0.05) is 25.6 Å². The van der Waals surface area contributed by atoms with E-state index in [9.17, 15) is 0 Å². The Morgan fingerprint density at radius 1 is 1.40 bits per heavy atom. The summed E-state index contributed by atoms with van der Waals surface area (Å²) in [4.78, 5) is 4.36. The maximum Gasteiger partial charge on any atom is 0.105 e. The van der Waals surface area contributed by atoms with Crippen LogP contribution in [0.4, 0.5) is 0 Å². The van der Waals surface area contributed by atoms with E-state index in [0.29, 0.717) is 0 Å². The van der Waals surface area contributed by atoms with Crippen LogP contribution in [0.25, 0.3) is 0 Å². The highest BCUT2D eigenvalue weighted by Gasteiger charge is 2.31. The summed E-state index contributed by atoms with van der Waals surface area (Å²) >= 11 is 0. The van der Waals surface area contributed by atoms with Crippen molar-refractivity contribution < 1.29 is 0 Å². The lowest BCUT2D eigenvalue weighted by Gasteiger charge is -2.37. The van der Waals surface area contributed by atoms with Gasteiger partial charge < -0.3 is 9.80 Å². The first kappa shape index (κ1) is 7.66. The first-order valence-corrected chi connectivity index (χ1v) is 3.86. The maximum atomic E-state index is 3.51. The van der Waals surface area contributed by atoms with Crippen LogP contribution in [-0.4, -0.2) is 39.8 Å². The normalized spacial score (nSPS) is 23.5. The molecule has 0 atom stereocenters. The fourth-order valence-electron chi connectivity index (χ4n) is 0.959. The minimum Gasteiger partial charge on any atom is -0.359 e. The van der Waals surface area contributed by atoms with Gasteiger partial charge in [-0.15, -0.1) is 0 Å². The SMILES string of the molecule is CN1C=C([Si])N(C)C1(C)C. The molecule has 1 aliphatic rings. The molecule has 0 aliphatic carbocycles. The van der Waals surface area contributed by atoms with Crippen LogP contribution in [-0.2, 0) is 0 Å². The molecule has 1 heterocycles. The molecule has 0 aromatic heterocycles. The van der Waals surface area contributed by atoms with Gasteiger partial charge in [0.2, 0.25) is 0 Å². The monoisotopic (exact) mass is 153 g/mol. The predicted octanol–water partition coefficient (Wildman–Crippen LogP) is 0.567. The van der Waals surface area contributed by atoms with Crippen molar-refractivity contribution in [2.24, 2.45) is 0 Å². The van der Waals surface area contributed by atoms with E-state index in [1.807, 2.05) is 0 Å². The molecule has 0 N–H and O–H groups in total. The van der Waals surface area contributed by atoms with E-state index >= 15 is 0 Å². The van der Waals surface area contributed by atoms with Crippen molar-refractivity contribution >= 4 is 10.2 Å². The van der Waals surface area contributed by atoms with E-state index in [1.165, 1.54) is 0 Å². The Morgan fingerprint density at radius 3 is 2.00 bits per heavy atom. The average molecular weight is 153 g/mol. The standard InChI is InChI=1S/C7H13N2Si/c1-7(2)8(3)5-6(10)9(7)4/h5H,1-4H3. The van der Waals surface area contributed by atoms with E-state index in [1.54, 1.807) is 0 Å². The maximum absolute atomic E-state index is 3.51. The van der Waals surface area contributed by atoms with Crippen LogP contribution >= 0.6 is 0 Å². The molecule has 2 nitrogen and oxygen atoms in total. The fourth-order valence-corrected chi connectivity index (χ4v) is 1.43. The first-order valence-electron chi connectivity index (χ1n) is 3.36. The van der Waals surface area contributed by atoms with E-state index in [2.05, 4.69) is 54.2 Å². The Kier molecular flexibility index (Phi) is 1.55. The molecule has 10 heavy (non-hydrogen) atoms. The molecule has 0 saturated carbocycles. The zero-order valence-corrected chi connectivity index (χ0v) is 7.97. The van der Waals surface area contributed by atoms with Gasteiger partial charge in [-0.1, -0.05) is 0 Å². The Morgan fingerprint density at radius 2 is 1.90 bits per heavy atom. The Hall–Kier alpha value is -0.443. The lowest BCUT2D eigenvalue weighted by Crippen LogP contribution is -2.45. The lowest BCUT2D eigenvalue weighted by atomic mass is 10.2. The van der Waals surface area contributed by atoms with Crippen molar-refractivity contribution in [2.45, 2.75) is 19.5 Å². The topological polar surface area (TPSA) is 6.48 Å². The first-order chi connectivity index (χ1) is 4.46. The molecular formula is C7H13N2Si. The average Bonchev–Trinajstić information content (AvgIpc) is 1.97. The van der Waals surface area contributed by atoms with E-state index in [-0.39, 0.29) is 5.66 Å². The second-order valence-corrected chi connectivity index (χ2v) is 3.69. The predicted molar refractivity (Wildman–Crippen MR) is 43.4 cm³/mol. The van der Waals surface area contributed by atoms with Crippen molar-refractivity contribution in [3.05, 3.63) is 11.5 Å².